The van der Waals surface area contributed by atoms with Gasteiger partial charge in [0.2, 0.25) is 11.8 Å². The van der Waals surface area contributed by atoms with E-state index in [0.29, 0.717) is 70.4 Å². The molecule has 3 aromatic carbocycles. The van der Waals surface area contributed by atoms with Gasteiger partial charge in [0, 0.05) is 61.3 Å². The molecule has 6 N–H and O–H groups in total. The van der Waals surface area contributed by atoms with Crippen molar-refractivity contribution in [1.29, 1.82) is 5.26 Å². The van der Waals surface area contributed by atoms with Crippen LogP contribution in [-0.2, 0) is 25.6 Å². The number of nitrogens with zero attached hydrogens (tertiary/aromatic N) is 4. The zero-order valence-corrected chi connectivity index (χ0v) is 38.7. The highest BCUT2D eigenvalue weighted by Gasteiger charge is 2.36. The third kappa shape index (κ3) is 12.9. The van der Waals surface area contributed by atoms with Gasteiger partial charge in [0.1, 0.15) is 23.3 Å². The molecule has 4 bridgehead atoms. The number of nitrogens with one attached hydrogen (secondary N) is 1. The molecule has 1 aliphatic rings. The number of ether oxygens (including phenoxy) is 2. The Morgan fingerprint density at radius 2 is 1.64 bits per heavy atom. The van der Waals surface area contributed by atoms with Crippen LogP contribution >= 0.6 is 0 Å². The number of hydrogen-bond donors (Lipinski definition) is 4. The Morgan fingerprint density at radius 1 is 0.924 bits per heavy atom. The van der Waals surface area contributed by atoms with Crippen LogP contribution in [0.15, 0.2) is 60.7 Å². The molecule has 4 atom stereocenters. The molecular formula is C51H63N7O8. The standard InChI is InChI=1S/C51H63N7O8/c1-6-7-8-24-65-38-16-13-35(14-17-38)49-55-32(3)47(33(4)56-49)44(61)30-37(20-23-54)51(64)58(5)48-36-15-19-46(66-25-10-22-53)40(29-36)39-27-34(12-18-42(39)59)28-41(43(60)11-9-21-52)57-50(63)31(2)26-45(48)62/h12-19,27,29,31,37,41,48,59H,6-11,20,22-26,28,30,53-54H2,1-5H3,(H,57,63)/t31-,37-,41+,48+/m1/s1. The molecule has 2 amide bonds. The third-order valence-corrected chi connectivity index (χ3v) is 11.9. The molecule has 0 radical (unpaired) electrons. The van der Waals surface area contributed by atoms with Crippen molar-refractivity contribution in [2.45, 2.75) is 104 Å². The van der Waals surface area contributed by atoms with Crippen LogP contribution in [0.25, 0.3) is 22.5 Å². The van der Waals surface area contributed by atoms with Crippen LogP contribution in [0.3, 0.4) is 0 Å². The number of carbonyl (C=O) groups excluding carboxylic acids is 5. The molecule has 0 saturated heterocycles. The normalized spacial score (nSPS) is 16.6. The number of nitrogens with two attached hydrogens (primary N) is 2. The Morgan fingerprint density at radius 3 is 2.30 bits per heavy atom. The maximum Gasteiger partial charge on any atom is 0.226 e. The summed E-state index contributed by atoms with van der Waals surface area (Å²) >= 11 is 0. The van der Waals surface area contributed by atoms with Gasteiger partial charge in [0.05, 0.1) is 42.3 Å². The number of phenols is 1. The second-order valence-electron chi connectivity index (χ2n) is 17.0. The van der Waals surface area contributed by atoms with Gasteiger partial charge in [-0.1, -0.05) is 38.8 Å². The molecule has 0 unspecified atom stereocenters. The minimum absolute atomic E-state index is 0.0424. The summed E-state index contributed by atoms with van der Waals surface area (Å²) in [6.07, 6.45) is 3.21. The van der Waals surface area contributed by atoms with Crippen LogP contribution in [0, 0.1) is 37.0 Å². The van der Waals surface area contributed by atoms with E-state index in [1.165, 1.54) is 18.0 Å². The number of Topliss-reactive ketones (excluding diaryl/α,β-unsaturated/α-hetero) is 3. The van der Waals surface area contributed by atoms with E-state index in [2.05, 4.69) is 22.2 Å². The first-order valence-electron chi connectivity index (χ1n) is 22.8. The fourth-order valence-corrected chi connectivity index (χ4v) is 8.27. The number of carbonyl (C=O) groups is 5. The summed E-state index contributed by atoms with van der Waals surface area (Å²) in [6, 6.07) is 17.0. The molecule has 5 rings (SSSR count). The Kier molecular flexibility index (Phi) is 18.5. The molecule has 0 aliphatic carbocycles. The van der Waals surface area contributed by atoms with Crippen molar-refractivity contribution in [2.75, 3.05) is 33.4 Å². The minimum Gasteiger partial charge on any atom is -0.507 e. The smallest absolute Gasteiger partial charge is 0.226 e. The first-order valence-corrected chi connectivity index (χ1v) is 22.8. The highest BCUT2D eigenvalue weighted by molar-refractivity contribution is 6.01. The number of rotatable bonds is 20. The average molecular weight is 902 g/mol. The summed E-state index contributed by atoms with van der Waals surface area (Å²) in [6.45, 7) is 8.50. The van der Waals surface area contributed by atoms with E-state index in [-0.39, 0.29) is 69.0 Å². The van der Waals surface area contributed by atoms with Crippen molar-refractivity contribution in [3.8, 4) is 45.8 Å². The van der Waals surface area contributed by atoms with E-state index in [4.69, 9.17) is 20.9 Å². The van der Waals surface area contributed by atoms with Crippen LogP contribution in [0.1, 0.15) is 111 Å². The predicted molar refractivity (Wildman–Crippen MR) is 251 cm³/mol. The molecule has 15 nitrogen and oxygen atoms in total. The van der Waals surface area contributed by atoms with Gasteiger partial charge < -0.3 is 36.3 Å². The number of ketones is 3. The predicted octanol–water partition coefficient (Wildman–Crippen LogP) is 6.68. The lowest BCUT2D eigenvalue weighted by molar-refractivity contribution is -0.142. The number of fused-ring (bicyclic) bond motifs is 5. The largest absolute Gasteiger partial charge is 0.507 e. The second-order valence-corrected chi connectivity index (χ2v) is 17.0. The van der Waals surface area contributed by atoms with Gasteiger partial charge in [0.25, 0.3) is 0 Å². The van der Waals surface area contributed by atoms with Crippen LogP contribution in [0.5, 0.6) is 17.2 Å². The summed E-state index contributed by atoms with van der Waals surface area (Å²) in [5.41, 5.74) is 15.5. The van der Waals surface area contributed by atoms with Crippen molar-refractivity contribution >= 4 is 29.2 Å². The van der Waals surface area contributed by atoms with Crippen molar-refractivity contribution in [3.05, 3.63) is 88.7 Å². The van der Waals surface area contributed by atoms with Crippen molar-refractivity contribution in [2.24, 2.45) is 23.3 Å². The number of hydrogen-bond acceptors (Lipinski definition) is 13. The summed E-state index contributed by atoms with van der Waals surface area (Å²) in [4.78, 5) is 81.4. The molecule has 1 aliphatic heterocycles. The first-order chi connectivity index (χ1) is 31.7. The molecule has 1 aromatic heterocycles. The number of amides is 2. The Labute approximate surface area is 387 Å². The fraction of sp³-hybridized carbons (Fsp3) is 0.451. The van der Waals surface area contributed by atoms with Gasteiger partial charge >= 0.3 is 0 Å². The van der Waals surface area contributed by atoms with Crippen molar-refractivity contribution in [1.82, 2.24) is 20.2 Å². The maximum absolute atomic E-state index is 14.7. The van der Waals surface area contributed by atoms with E-state index >= 15 is 0 Å². The van der Waals surface area contributed by atoms with Crippen LogP contribution in [-0.4, -0.2) is 88.5 Å². The maximum atomic E-state index is 14.7. The number of aromatic hydroxyl groups is 1. The Balaban J connectivity index is 1.50. The molecule has 0 saturated carbocycles. The monoisotopic (exact) mass is 901 g/mol. The SMILES string of the molecule is CCCCCOc1ccc(-c2nc(C)c(C(=O)C[C@@H](CCN)C(=O)N(C)[C@@H]3C(=O)C[C@@H](C)C(=O)N[C@H](C(=O)CCC#N)Cc4ccc(O)c(c4)-c4cc3ccc4OCCCN)c(C)n2)cc1. The highest BCUT2D eigenvalue weighted by Crippen LogP contribution is 2.40. The fourth-order valence-electron chi connectivity index (χ4n) is 8.27. The zero-order valence-electron chi connectivity index (χ0n) is 38.7. The van der Waals surface area contributed by atoms with Crippen LogP contribution in [0.2, 0.25) is 0 Å². The Bertz CT molecular complexity index is 2390. The number of aromatic nitrogens is 2. The number of likely N-dealkylation sites (N-methyl/N-ethyl adjacent to an activating group) is 1. The van der Waals surface area contributed by atoms with Crippen molar-refractivity contribution < 1.29 is 38.6 Å². The van der Waals surface area contributed by atoms with E-state index in [1.807, 2.05) is 30.3 Å². The lowest BCUT2D eigenvalue weighted by atomic mass is 9.88. The van der Waals surface area contributed by atoms with Crippen LogP contribution in [0.4, 0.5) is 0 Å². The van der Waals surface area contributed by atoms with Gasteiger partial charge in [-0.15, -0.1) is 0 Å². The van der Waals surface area contributed by atoms with Crippen LogP contribution < -0.4 is 26.3 Å². The van der Waals surface area contributed by atoms with Gasteiger partial charge in [-0.3, -0.25) is 24.0 Å². The molecule has 0 fully saturated rings. The summed E-state index contributed by atoms with van der Waals surface area (Å²) in [5.74, 6) is -2.70. The van der Waals surface area contributed by atoms with E-state index < -0.39 is 41.5 Å². The summed E-state index contributed by atoms with van der Waals surface area (Å²) in [5, 5.41) is 23.3. The van der Waals surface area contributed by atoms with Gasteiger partial charge in [-0.25, -0.2) is 9.97 Å². The van der Waals surface area contributed by atoms with E-state index in [9.17, 15) is 34.3 Å². The Hall–Kier alpha value is -6.50. The topological polar surface area (TPSA) is 241 Å². The molecular weight excluding hydrogens is 839 g/mol. The number of benzene rings is 3. The second kappa shape index (κ2) is 24.1. The first kappa shape index (κ1) is 50.5. The van der Waals surface area contributed by atoms with E-state index in [1.54, 1.807) is 51.1 Å². The average Bonchev–Trinajstić information content (AvgIpc) is 3.29. The highest BCUT2D eigenvalue weighted by atomic mass is 16.5. The van der Waals surface area contributed by atoms with Crippen molar-refractivity contribution in [3.63, 3.8) is 0 Å². The van der Waals surface area contributed by atoms with Gasteiger partial charge in [0.15, 0.2) is 23.2 Å². The molecule has 2 heterocycles. The number of phenolic OH excluding ortho intramolecular Hbond substituents is 1. The lowest BCUT2D eigenvalue weighted by Crippen LogP contribution is -2.46. The molecule has 15 heteroatoms. The molecule has 4 aromatic rings. The zero-order chi connectivity index (χ0) is 47.9. The lowest BCUT2D eigenvalue weighted by Gasteiger charge is -2.32. The third-order valence-electron chi connectivity index (χ3n) is 11.9. The van der Waals surface area contributed by atoms with Gasteiger partial charge in [-0.05, 0) is 112 Å². The number of nitriles is 1. The molecule has 350 valence electrons. The minimum atomic E-state index is -1.26. The number of aryl methyl sites for hydroxylation is 2. The van der Waals surface area contributed by atoms with Gasteiger partial charge in [-0.2, -0.15) is 5.26 Å². The molecule has 0 spiro atoms. The summed E-state index contributed by atoms with van der Waals surface area (Å²) < 4.78 is 12.0. The quantitative estimate of drug-likeness (QED) is 0.0536. The number of unbranched alkanes of at least 4 members (excludes halogenated alkanes) is 2. The molecule has 66 heavy (non-hydrogen) atoms. The summed E-state index contributed by atoms with van der Waals surface area (Å²) in [7, 11) is 1.48. The van der Waals surface area contributed by atoms with E-state index in [0.717, 1.165) is 30.6 Å².